The molecule has 4 nitrogen and oxygen atoms in total. The molecule has 0 aliphatic heterocycles. The van der Waals surface area contributed by atoms with E-state index in [4.69, 9.17) is 11.1 Å². The van der Waals surface area contributed by atoms with Crippen LogP contribution in [0.5, 0.6) is 0 Å². The Labute approximate surface area is 80.8 Å². The van der Waals surface area contributed by atoms with Gasteiger partial charge >= 0.3 is 0 Å². The Morgan fingerprint density at radius 3 is 2.23 bits per heavy atom. The first kappa shape index (κ1) is 12.6. The van der Waals surface area contributed by atoms with Crippen LogP contribution in [-0.2, 0) is 0 Å². The van der Waals surface area contributed by atoms with E-state index in [2.05, 4.69) is 10.6 Å². The molecule has 4 heteroatoms. The summed E-state index contributed by atoms with van der Waals surface area (Å²) in [5, 5.41) is 13.4. The third-order valence-electron chi connectivity index (χ3n) is 1.73. The van der Waals surface area contributed by atoms with E-state index in [1.165, 1.54) is 6.21 Å². The number of hydrogen-bond donors (Lipinski definition) is 4. The first-order valence-corrected chi connectivity index (χ1v) is 5.02. The second kappa shape index (κ2) is 11.6. The summed E-state index contributed by atoms with van der Waals surface area (Å²) >= 11 is 0. The van der Waals surface area contributed by atoms with Gasteiger partial charge in [0.05, 0.1) is 0 Å². The van der Waals surface area contributed by atoms with E-state index < -0.39 is 0 Å². The van der Waals surface area contributed by atoms with Crippen LogP contribution in [0, 0.1) is 5.41 Å². The van der Waals surface area contributed by atoms with E-state index in [9.17, 15) is 0 Å². The molecule has 13 heavy (non-hydrogen) atoms. The maximum Gasteiger partial charge on any atom is 0.0000499 e. The highest BCUT2D eigenvalue weighted by Crippen LogP contribution is 1.76. The minimum Gasteiger partial charge on any atom is -0.330 e. The standard InChI is InChI=1S/C9H22N4/c10-4-1-6-12-8-3-9-13-7-2-5-11/h4,10,12-13H,1-3,5-9,11H2. The van der Waals surface area contributed by atoms with Crippen LogP contribution in [-0.4, -0.2) is 38.9 Å². The molecule has 0 bridgehead atoms. The van der Waals surface area contributed by atoms with Crippen molar-refractivity contribution in [2.45, 2.75) is 19.3 Å². The average Bonchev–Trinajstić information content (AvgIpc) is 2.16. The Kier molecular flexibility index (Phi) is 11.2. The molecule has 0 aromatic carbocycles. The molecule has 78 valence electrons. The summed E-state index contributed by atoms with van der Waals surface area (Å²) in [7, 11) is 0. The van der Waals surface area contributed by atoms with Crippen molar-refractivity contribution in [2.24, 2.45) is 5.73 Å². The summed E-state index contributed by atoms with van der Waals surface area (Å²) < 4.78 is 0. The van der Waals surface area contributed by atoms with Crippen molar-refractivity contribution in [3.63, 3.8) is 0 Å². The number of nitrogens with one attached hydrogen (secondary N) is 3. The molecular formula is C9H22N4. The van der Waals surface area contributed by atoms with Crippen LogP contribution in [0.4, 0.5) is 0 Å². The van der Waals surface area contributed by atoms with Crippen molar-refractivity contribution in [1.29, 1.82) is 5.41 Å². The lowest BCUT2D eigenvalue weighted by molar-refractivity contribution is 0.591. The summed E-state index contributed by atoms with van der Waals surface area (Å²) in [4.78, 5) is 0. The molecule has 0 heterocycles. The minimum atomic E-state index is 0.768. The lowest BCUT2D eigenvalue weighted by Crippen LogP contribution is -2.24. The van der Waals surface area contributed by atoms with Gasteiger partial charge in [0.25, 0.3) is 0 Å². The van der Waals surface area contributed by atoms with Crippen LogP contribution in [0.1, 0.15) is 19.3 Å². The molecule has 0 spiro atoms. The van der Waals surface area contributed by atoms with E-state index in [0.29, 0.717) is 0 Å². The number of nitrogens with two attached hydrogens (primary N) is 1. The number of hydrogen-bond acceptors (Lipinski definition) is 4. The van der Waals surface area contributed by atoms with Gasteiger partial charge in [0.1, 0.15) is 0 Å². The van der Waals surface area contributed by atoms with Gasteiger partial charge < -0.3 is 21.8 Å². The summed E-state index contributed by atoms with van der Waals surface area (Å²) in [6.45, 7) is 4.80. The molecule has 0 fully saturated rings. The summed E-state index contributed by atoms with van der Waals surface area (Å²) in [5.74, 6) is 0. The van der Waals surface area contributed by atoms with Gasteiger partial charge in [-0.1, -0.05) is 0 Å². The molecule has 0 aromatic heterocycles. The predicted molar refractivity (Wildman–Crippen MR) is 57.4 cm³/mol. The highest BCUT2D eigenvalue weighted by atomic mass is 14.9. The molecule has 0 rings (SSSR count). The quantitative estimate of drug-likeness (QED) is 0.285. The second-order valence-corrected chi connectivity index (χ2v) is 2.99. The molecule has 0 aliphatic carbocycles. The molecule has 0 atom stereocenters. The largest absolute Gasteiger partial charge is 0.330 e. The molecule has 0 aromatic rings. The summed E-state index contributed by atoms with van der Waals surface area (Å²) in [6.07, 6.45) is 4.47. The van der Waals surface area contributed by atoms with Crippen molar-refractivity contribution in [3.05, 3.63) is 0 Å². The first-order chi connectivity index (χ1) is 6.41. The normalized spacial score (nSPS) is 10.2. The van der Waals surface area contributed by atoms with Gasteiger partial charge in [-0.15, -0.1) is 0 Å². The zero-order chi connectivity index (χ0) is 9.78. The van der Waals surface area contributed by atoms with E-state index >= 15 is 0 Å². The van der Waals surface area contributed by atoms with Gasteiger partial charge in [0.15, 0.2) is 0 Å². The molecule has 5 N–H and O–H groups in total. The van der Waals surface area contributed by atoms with Gasteiger partial charge in [-0.2, -0.15) is 0 Å². The van der Waals surface area contributed by atoms with Crippen LogP contribution >= 0.6 is 0 Å². The van der Waals surface area contributed by atoms with Gasteiger partial charge in [0, 0.05) is 6.54 Å². The van der Waals surface area contributed by atoms with Crippen molar-refractivity contribution in [3.8, 4) is 0 Å². The van der Waals surface area contributed by atoms with Crippen molar-refractivity contribution >= 4 is 6.21 Å². The molecule has 0 aliphatic rings. The molecule has 0 saturated heterocycles. The summed E-state index contributed by atoms with van der Waals surface area (Å²) in [6, 6.07) is 0. The van der Waals surface area contributed by atoms with Gasteiger partial charge in [-0.3, -0.25) is 0 Å². The van der Waals surface area contributed by atoms with Gasteiger partial charge in [0.2, 0.25) is 0 Å². The van der Waals surface area contributed by atoms with E-state index in [0.717, 1.165) is 52.0 Å². The van der Waals surface area contributed by atoms with Crippen LogP contribution in [0.15, 0.2) is 0 Å². The average molecular weight is 186 g/mol. The van der Waals surface area contributed by atoms with Crippen LogP contribution < -0.4 is 16.4 Å². The first-order valence-electron chi connectivity index (χ1n) is 5.02. The van der Waals surface area contributed by atoms with Crippen molar-refractivity contribution in [2.75, 3.05) is 32.7 Å². The Balaban J connectivity index is 2.79. The maximum absolute atomic E-state index is 6.81. The van der Waals surface area contributed by atoms with Crippen molar-refractivity contribution in [1.82, 2.24) is 10.6 Å². The monoisotopic (exact) mass is 186 g/mol. The Morgan fingerprint density at radius 2 is 1.62 bits per heavy atom. The van der Waals surface area contributed by atoms with Gasteiger partial charge in [-0.05, 0) is 51.7 Å². The highest BCUT2D eigenvalue weighted by Gasteiger charge is 1.87. The Morgan fingerprint density at radius 1 is 1.00 bits per heavy atom. The molecule has 0 radical (unpaired) electrons. The third kappa shape index (κ3) is 11.5. The smallest absolute Gasteiger partial charge is 0.0000499 e. The fourth-order valence-corrected chi connectivity index (χ4v) is 0.990. The van der Waals surface area contributed by atoms with Crippen LogP contribution in [0.3, 0.4) is 0 Å². The highest BCUT2D eigenvalue weighted by molar-refractivity contribution is 5.52. The van der Waals surface area contributed by atoms with E-state index in [1.807, 2.05) is 0 Å². The van der Waals surface area contributed by atoms with E-state index in [-0.39, 0.29) is 0 Å². The van der Waals surface area contributed by atoms with Crippen LogP contribution in [0.25, 0.3) is 0 Å². The van der Waals surface area contributed by atoms with Crippen molar-refractivity contribution < 1.29 is 0 Å². The molecule has 0 unspecified atom stereocenters. The lowest BCUT2D eigenvalue weighted by Gasteiger charge is -2.04. The second-order valence-electron chi connectivity index (χ2n) is 2.99. The fourth-order valence-electron chi connectivity index (χ4n) is 0.990. The Hall–Kier alpha value is -0.450. The van der Waals surface area contributed by atoms with E-state index in [1.54, 1.807) is 0 Å². The topological polar surface area (TPSA) is 73.9 Å². The molecule has 0 saturated carbocycles. The Bertz CT molecular complexity index is 106. The van der Waals surface area contributed by atoms with Gasteiger partial charge in [-0.25, -0.2) is 0 Å². The predicted octanol–water partition coefficient (Wildman–Crippen LogP) is -0.0558. The van der Waals surface area contributed by atoms with Crippen LogP contribution in [0.2, 0.25) is 0 Å². The summed E-state index contributed by atoms with van der Waals surface area (Å²) in [5.41, 5.74) is 5.35. The maximum atomic E-state index is 6.81. The molecule has 0 amide bonds. The fraction of sp³-hybridized carbons (Fsp3) is 0.889. The number of rotatable bonds is 10. The minimum absolute atomic E-state index is 0.768. The molecular weight excluding hydrogens is 164 g/mol. The lowest BCUT2D eigenvalue weighted by atomic mass is 10.3. The third-order valence-corrected chi connectivity index (χ3v) is 1.73. The zero-order valence-corrected chi connectivity index (χ0v) is 8.31. The zero-order valence-electron chi connectivity index (χ0n) is 8.31. The SMILES string of the molecule is N=CCCNCCCNCCCN.